The van der Waals surface area contributed by atoms with Crippen LogP contribution in [0.5, 0.6) is 11.5 Å². The maximum absolute atomic E-state index is 14.5. The zero-order valence-corrected chi connectivity index (χ0v) is 19.4. The molecule has 0 saturated heterocycles. The molecule has 1 heterocycles. The van der Waals surface area contributed by atoms with Crippen molar-refractivity contribution in [2.45, 2.75) is 18.0 Å². The largest absolute Gasteiger partial charge is 0.497 e. The molecule has 4 aromatic rings. The molecule has 3 aromatic carbocycles. The zero-order valence-electron chi connectivity index (χ0n) is 18.6. The Morgan fingerprint density at radius 3 is 2.24 bits per heavy atom. The standard InChI is InChI=1S/C25H23FN2O5S/c1-32-20-9-7-17(8-10-20)15-28(34(30,31)24-6-4-3-5-22(24)26)16-19-13-18-14-21(33-2)11-12-23(18)27-25(19)29/h3-14H,15-16H2,1-2H3,(H,27,29). The van der Waals surface area contributed by atoms with E-state index in [0.29, 0.717) is 28.0 Å². The lowest BCUT2D eigenvalue weighted by Crippen LogP contribution is -2.33. The Balaban J connectivity index is 1.78. The van der Waals surface area contributed by atoms with Crippen LogP contribution < -0.4 is 15.0 Å². The molecule has 176 valence electrons. The summed E-state index contributed by atoms with van der Waals surface area (Å²) in [5.74, 6) is 0.353. The van der Waals surface area contributed by atoms with Crippen LogP contribution >= 0.6 is 0 Å². The molecule has 0 fully saturated rings. The van der Waals surface area contributed by atoms with E-state index in [2.05, 4.69) is 4.98 Å². The number of fused-ring (bicyclic) bond motifs is 1. The van der Waals surface area contributed by atoms with Gasteiger partial charge >= 0.3 is 0 Å². The minimum atomic E-state index is -4.28. The lowest BCUT2D eigenvalue weighted by molar-refractivity contribution is 0.395. The van der Waals surface area contributed by atoms with Gasteiger partial charge in [-0.1, -0.05) is 24.3 Å². The van der Waals surface area contributed by atoms with Gasteiger partial charge in [-0.05, 0) is 54.1 Å². The monoisotopic (exact) mass is 482 g/mol. The highest BCUT2D eigenvalue weighted by atomic mass is 32.2. The smallest absolute Gasteiger partial charge is 0.252 e. The Morgan fingerprint density at radius 2 is 1.56 bits per heavy atom. The Hall–Kier alpha value is -3.69. The van der Waals surface area contributed by atoms with Gasteiger partial charge in [0.25, 0.3) is 5.56 Å². The van der Waals surface area contributed by atoms with E-state index in [-0.39, 0.29) is 18.7 Å². The average molecular weight is 483 g/mol. The van der Waals surface area contributed by atoms with Crippen molar-refractivity contribution in [3.63, 3.8) is 0 Å². The molecule has 0 atom stereocenters. The van der Waals surface area contributed by atoms with E-state index in [0.717, 1.165) is 10.4 Å². The quantitative estimate of drug-likeness (QED) is 0.409. The van der Waals surface area contributed by atoms with Gasteiger partial charge in [-0.25, -0.2) is 12.8 Å². The molecule has 1 N–H and O–H groups in total. The van der Waals surface area contributed by atoms with Gasteiger partial charge in [-0.3, -0.25) is 4.79 Å². The summed E-state index contributed by atoms with van der Waals surface area (Å²) in [5.41, 5.74) is 1.03. The first-order valence-corrected chi connectivity index (χ1v) is 11.8. The van der Waals surface area contributed by atoms with Crippen LogP contribution in [0.25, 0.3) is 10.9 Å². The second-order valence-corrected chi connectivity index (χ2v) is 9.53. The van der Waals surface area contributed by atoms with E-state index in [1.807, 2.05) is 0 Å². The van der Waals surface area contributed by atoms with Crippen LogP contribution in [0.15, 0.2) is 82.5 Å². The predicted octanol–water partition coefficient (Wildman–Crippen LogP) is 4.08. The van der Waals surface area contributed by atoms with Crippen LogP contribution in [-0.2, 0) is 23.1 Å². The Kier molecular flexibility index (Phi) is 6.67. The molecule has 1 aromatic heterocycles. The zero-order chi connectivity index (χ0) is 24.3. The molecule has 0 spiro atoms. The number of nitrogens with zero attached hydrogens (tertiary/aromatic N) is 1. The maximum atomic E-state index is 14.5. The van der Waals surface area contributed by atoms with Gasteiger partial charge in [0.1, 0.15) is 22.2 Å². The van der Waals surface area contributed by atoms with Gasteiger partial charge in [-0.2, -0.15) is 4.31 Å². The Bertz CT molecular complexity index is 1480. The first-order valence-electron chi connectivity index (χ1n) is 10.4. The fraction of sp³-hybridized carbons (Fsp3) is 0.160. The number of nitrogens with one attached hydrogen (secondary N) is 1. The summed E-state index contributed by atoms with van der Waals surface area (Å²) in [4.78, 5) is 15.1. The minimum Gasteiger partial charge on any atom is -0.497 e. The van der Waals surface area contributed by atoms with E-state index in [1.54, 1.807) is 48.5 Å². The number of aromatic amines is 1. The lowest BCUT2D eigenvalue weighted by Gasteiger charge is -2.23. The minimum absolute atomic E-state index is 0.0732. The van der Waals surface area contributed by atoms with Crippen molar-refractivity contribution in [2.24, 2.45) is 0 Å². The topological polar surface area (TPSA) is 88.7 Å². The first kappa shape index (κ1) is 23.5. The Morgan fingerprint density at radius 1 is 0.882 bits per heavy atom. The van der Waals surface area contributed by atoms with Crippen molar-refractivity contribution in [3.05, 3.63) is 100 Å². The van der Waals surface area contributed by atoms with Gasteiger partial charge in [0.2, 0.25) is 10.0 Å². The van der Waals surface area contributed by atoms with Crippen molar-refractivity contribution in [1.82, 2.24) is 9.29 Å². The number of methoxy groups -OCH3 is 2. The van der Waals surface area contributed by atoms with E-state index in [4.69, 9.17) is 9.47 Å². The number of aromatic nitrogens is 1. The summed E-state index contributed by atoms with van der Waals surface area (Å²) >= 11 is 0. The molecular weight excluding hydrogens is 459 g/mol. The van der Waals surface area contributed by atoms with Gasteiger partial charge in [0, 0.05) is 29.6 Å². The van der Waals surface area contributed by atoms with Crippen molar-refractivity contribution in [3.8, 4) is 11.5 Å². The SMILES string of the molecule is COc1ccc(CN(Cc2cc3cc(OC)ccc3[nH]c2=O)S(=O)(=O)c2ccccc2F)cc1. The molecule has 0 unspecified atom stereocenters. The molecule has 7 nitrogen and oxygen atoms in total. The Labute approximate surface area is 196 Å². The summed E-state index contributed by atoms with van der Waals surface area (Å²) in [5, 5.41) is 0.682. The van der Waals surface area contributed by atoms with Crippen molar-refractivity contribution >= 4 is 20.9 Å². The maximum Gasteiger partial charge on any atom is 0.252 e. The molecule has 0 radical (unpaired) electrons. The molecule has 0 amide bonds. The highest BCUT2D eigenvalue weighted by Gasteiger charge is 2.28. The summed E-state index contributed by atoms with van der Waals surface area (Å²) in [6.45, 7) is -0.332. The molecule has 4 rings (SSSR count). The van der Waals surface area contributed by atoms with Crippen molar-refractivity contribution < 1.29 is 22.3 Å². The molecule has 0 aliphatic heterocycles. The van der Waals surface area contributed by atoms with Crippen LogP contribution in [0.3, 0.4) is 0 Å². The second-order valence-electron chi connectivity index (χ2n) is 7.63. The fourth-order valence-electron chi connectivity index (χ4n) is 3.62. The normalized spacial score (nSPS) is 11.6. The number of ether oxygens (including phenoxy) is 2. The van der Waals surface area contributed by atoms with Gasteiger partial charge in [0.05, 0.1) is 14.2 Å². The molecule has 0 saturated carbocycles. The molecule has 0 aliphatic carbocycles. The third-order valence-corrected chi connectivity index (χ3v) is 7.27. The third kappa shape index (κ3) is 4.80. The van der Waals surface area contributed by atoms with E-state index >= 15 is 0 Å². The number of rotatable bonds is 8. The van der Waals surface area contributed by atoms with Crippen LogP contribution in [-0.4, -0.2) is 31.9 Å². The third-order valence-electron chi connectivity index (χ3n) is 5.45. The lowest BCUT2D eigenvalue weighted by atomic mass is 10.1. The summed E-state index contributed by atoms with van der Waals surface area (Å²) < 4.78 is 53.0. The summed E-state index contributed by atoms with van der Waals surface area (Å²) in [6, 6.07) is 18.8. The second kappa shape index (κ2) is 9.66. The van der Waals surface area contributed by atoms with Crippen LogP contribution in [0.4, 0.5) is 4.39 Å². The van der Waals surface area contributed by atoms with Crippen molar-refractivity contribution in [1.29, 1.82) is 0 Å². The van der Waals surface area contributed by atoms with E-state index in [1.165, 1.54) is 32.4 Å². The summed E-state index contributed by atoms with van der Waals surface area (Å²) in [6.07, 6.45) is 0. The molecule has 0 aliphatic rings. The van der Waals surface area contributed by atoms with Crippen LogP contribution in [0.1, 0.15) is 11.1 Å². The molecule has 34 heavy (non-hydrogen) atoms. The highest BCUT2D eigenvalue weighted by molar-refractivity contribution is 7.89. The number of halogens is 1. The van der Waals surface area contributed by atoms with Crippen molar-refractivity contribution in [2.75, 3.05) is 14.2 Å². The fourth-order valence-corrected chi connectivity index (χ4v) is 5.09. The highest BCUT2D eigenvalue weighted by Crippen LogP contribution is 2.25. The number of hydrogen-bond donors (Lipinski definition) is 1. The number of sulfonamides is 1. The predicted molar refractivity (Wildman–Crippen MR) is 127 cm³/mol. The van der Waals surface area contributed by atoms with Gasteiger partial charge in [0.15, 0.2) is 0 Å². The number of hydrogen-bond acceptors (Lipinski definition) is 5. The average Bonchev–Trinajstić information content (AvgIpc) is 2.84. The summed E-state index contributed by atoms with van der Waals surface area (Å²) in [7, 11) is -1.21. The van der Waals surface area contributed by atoms with Gasteiger partial charge in [-0.15, -0.1) is 0 Å². The van der Waals surface area contributed by atoms with Crippen LogP contribution in [0.2, 0.25) is 0 Å². The molecule has 0 bridgehead atoms. The molecule has 9 heteroatoms. The van der Waals surface area contributed by atoms with Gasteiger partial charge < -0.3 is 14.5 Å². The number of benzene rings is 3. The number of pyridine rings is 1. The number of H-pyrrole nitrogens is 1. The molecular formula is C25H23FN2O5S. The first-order chi connectivity index (χ1) is 16.3. The van der Waals surface area contributed by atoms with Crippen LogP contribution in [0, 0.1) is 5.82 Å². The van der Waals surface area contributed by atoms with E-state index in [9.17, 15) is 17.6 Å². The van der Waals surface area contributed by atoms with E-state index < -0.39 is 26.3 Å².